The van der Waals surface area contributed by atoms with Gasteiger partial charge in [0, 0.05) is 18.3 Å². The number of benzene rings is 2. The predicted octanol–water partition coefficient (Wildman–Crippen LogP) is 3.13. The van der Waals surface area contributed by atoms with Crippen LogP contribution >= 0.6 is 0 Å². The number of hydrogen-bond acceptors (Lipinski definition) is 2. The molecular formula is C16H18N2. The molecule has 0 spiro atoms. The maximum Gasteiger partial charge on any atom is 0.0398 e. The summed E-state index contributed by atoms with van der Waals surface area (Å²) in [4.78, 5) is 0. The van der Waals surface area contributed by atoms with E-state index in [-0.39, 0.29) is 0 Å². The van der Waals surface area contributed by atoms with E-state index in [9.17, 15) is 0 Å². The van der Waals surface area contributed by atoms with Gasteiger partial charge in [0.1, 0.15) is 0 Å². The van der Waals surface area contributed by atoms with E-state index in [1.807, 2.05) is 0 Å². The second-order valence-corrected chi connectivity index (χ2v) is 4.78. The highest BCUT2D eigenvalue weighted by atomic mass is 15.0. The summed E-state index contributed by atoms with van der Waals surface area (Å²) >= 11 is 0. The SMILES string of the molecule is c1ccc(-c2cccc(N[C@@H]3CCNC3)c2)cc1. The quantitative estimate of drug-likeness (QED) is 0.858. The first-order valence-corrected chi connectivity index (χ1v) is 6.54. The van der Waals surface area contributed by atoms with Gasteiger partial charge < -0.3 is 10.6 Å². The summed E-state index contributed by atoms with van der Waals surface area (Å²) in [6, 6.07) is 19.7. The maximum atomic E-state index is 3.59. The Labute approximate surface area is 108 Å². The zero-order valence-corrected chi connectivity index (χ0v) is 10.4. The van der Waals surface area contributed by atoms with Crippen molar-refractivity contribution in [3.63, 3.8) is 0 Å². The van der Waals surface area contributed by atoms with E-state index >= 15 is 0 Å². The standard InChI is InChI=1S/C16H18N2/c1-2-5-13(6-3-1)14-7-4-8-15(11-14)18-16-9-10-17-12-16/h1-8,11,16-18H,9-10,12H2/t16-/m1/s1. The van der Waals surface area contributed by atoms with Crippen LogP contribution in [0.5, 0.6) is 0 Å². The van der Waals surface area contributed by atoms with Gasteiger partial charge in [0.2, 0.25) is 0 Å². The van der Waals surface area contributed by atoms with Crippen LogP contribution in [-0.2, 0) is 0 Å². The summed E-state index contributed by atoms with van der Waals surface area (Å²) in [5.74, 6) is 0. The molecule has 2 N–H and O–H groups in total. The van der Waals surface area contributed by atoms with Crippen molar-refractivity contribution in [2.45, 2.75) is 12.5 Å². The molecule has 1 atom stereocenters. The topological polar surface area (TPSA) is 24.1 Å². The number of rotatable bonds is 3. The zero-order valence-electron chi connectivity index (χ0n) is 10.4. The van der Waals surface area contributed by atoms with E-state index in [1.165, 1.54) is 23.2 Å². The Morgan fingerprint density at radius 2 is 1.78 bits per heavy atom. The van der Waals surface area contributed by atoms with E-state index in [1.54, 1.807) is 0 Å². The van der Waals surface area contributed by atoms with Crippen LogP contribution in [0.2, 0.25) is 0 Å². The van der Waals surface area contributed by atoms with Gasteiger partial charge in [-0.25, -0.2) is 0 Å². The molecule has 0 aliphatic carbocycles. The fourth-order valence-electron chi connectivity index (χ4n) is 2.43. The number of nitrogens with one attached hydrogen (secondary N) is 2. The van der Waals surface area contributed by atoms with Crippen LogP contribution in [0.1, 0.15) is 6.42 Å². The van der Waals surface area contributed by atoms with E-state index in [0.29, 0.717) is 6.04 Å². The first kappa shape index (κ1) is 11.3. The molecule has 1 saturated heterocycles. The molecular weight excluding hydrogens is 220 g/mol. The Balaban J connectivity index is 1.80. The van der Waals surface area contributed by atoms with Gasteiger partial charge in [-0.15, -0.1) is 0 Å². The van der Waals surface area contributed by atoms with Crippen LogP contribution in [0.4, 0.5) is 5.69 Å². The molecule has 1 fully saturated rings. The van der Waals surface area contributed by atoms with Crippen LogP contribution < -0.4 is 10.6 Å². The van der Waals surface area contributed by atoms with Crippen LogP contribution in [-0.4, -0.2) is 19.1 Å². The lowest BCUT2D eigenvalue weighted by Crippen LogP contribution is -2.21. The Kier molecular flexibility index (Phi) is 3.29. The van der Waals surface area contributed by atoms with Crippen molar-refractivity contribution in [2.75, 3.05) is 18.4 Å². The third kappa shape index (κ3) is 2.54. The van der Waals surface area contributed by atoms with Crippen molar-refractivity contribution in [3.05, 3.63) is 54.6 Å². The zero-order chi connectivity index (χ0) is 12.2. The molecule has 0 amide bonds. The summed E-state index contributed by atoms with van der Waals surface area (Å²) < 4.78 is 0. The molecule has 2 aromatic rings. The normalized spacial score (nSPS) is 18.8. The van der Waals surface area contributed by atoms with Crippen molar-refractivity contribution in [2.24, 2.45) is 0 Å². The third-order valence-corrected chi connectivity index (χ3v) is 3.40. The van der Waals surface area contributed by atoms with Crippen molar-refractivity contribution >= 4 is 5.69 Å². The first-order valence-electron chi connectivity index (χ1n) is 6.54. The highest BCUT2D eigenvalue weighted by Crippen LogP contribution is 2.23. The summed E-state index contributed by atoms with van der Waals surface area (Å²) in [5.41, 5.74) is 3.75. The fourth-order valence-corrected chi connectivity index (χ4v) is 2.43. The summed E-state index contributed by atoms with van der Waals surface area (Å²) in [5, 5.41) is 6.96. The number of hydrogen-bond donors (Lipinski definition) is 2. The van der Waals surface area contributed by atoms with E-state index in [0.717, 1.165) is 13.1 Å². The van der Waals surface area contributed by atoms with Crippen LogP contribution in [0.15, 0.2) is 54.6 Å². The van der Waals surface area contributed by atoms with Crippen molar-refractivity contribution < 1.29 is 0 Å². The highest BCUT2D eigenvalue weighted by molar-refractivity contribution is 5.68. The minimum Gasteiger partial charge on any atom is -0.381 e. The molecule has 92 valence electrons. The smallest absolute Gasteiger partial charge is 0.0398 e. The van der Waals surface area contributed by atoms with E-state index < -0.39 is 0 Å². The van der Waals surface area contributed by atoms with Gasteiger partial charge in [0.05, 0.1) is 0 Å². The molecule has 1 heterocycles. The van der Waals surface area contributed by atoms with Crippen molar-refractivity contribution in [3.8, 4) is 11.1 Å². The lowest BCUT2D eigenvalue weighted by molar-refractivity contribution is 0.793. The van der Waals surface area contributed by atoms with Crippen LogP contribution in [0.25, 0.3) is 11.1 Å². The maximum absolute atomic E-state index is 3.59. The molecule has 0 radical (unpaired) electrons. The van der Waals surface area contributed by atoms with Crippen LogP contribution in [0, 0.1) is 0 Å². The van der Waals surface area contributed by atoms with E-state index in [4.69, 9.17) is 0 Å². The molecule has 2 aromatic carbocycles. The number of anilines is 1. The Morgan fingerprint density at radius 3 is 2.56 bits per heavy atom. The second kappa shape index (κ2) is 5.23. The predicted molar refractivity (Wildman–Crippen MR) is 76.8 cm³/mol. The van der Waals surface area contributed by atoms with Gasteiger partial charge in [-0.1, -0.05) is 42.5 Å². The molecule has 0 saturated carbocycles. The van der Waals surface area contributed by atoms with Gasteiger partial charge in [-0.05, 0) is 36.2 Å². The molecule has 1 aliphatic rings. The lowest BCUT2D eigenvalue weighted by Gasteiger charge is -2.13. The van der Waals surface area contributed by atoms with Gasteiger partial charge in [0.15, 0.2) is 0 Å². The Bertz CT molecular complexity index is 502. The third-order valence-electron chi connectivity index (χ3n) is 3.40. The Morgan fingerprint density at radius 1 is 0.944 bits per heavy atom. The van der Waals surface area contributed by atoms with Gasteiger partial charge in [-0.2, -0.15) is 0 Å². The largest absolute Gasteiger partial charge is 0.381 e. The van der Waals surface area contributed by atoms with E-state index in [2.05, 4.69) is 65.2 Å². The van der Waals surface area contributed by atoms with Gasteiger partial charge in [-0.3, -0.25) is 0 Å². The van der Waals surface area contributed by atoms with Gasteiger partial charge in [0.25, 0.3) is 0 Å². The van der Waals surface area contributed by atoms with Gasteiger partial charge >= 0.3 is 0 Å². The first-order chi connectivity index (χ1) is 8.92. The molecule has 1 aliphatic heterocycles. The monoisotopic (exact) mass is 238 g/mol. The summed E-state index contributed by atoms with van der Waals surface area (Å²) in [7, 11) is 0. The highest BCUT2D eigenvalue weighted by Gasteiger charge is 2.13. The summed E-state index contributed by atoms with van der Waals surface area (Å²) in [6.07, 6.45) is 1.20. The second-order valence-electron chi connectivity index (χ2n) is 4.78. The molecule has 0 bridgehead atoms. The van der Waals surface area contributed by atoms with Crippen LogP contribution in [0.3, 0.4) is 0 Å². The Hall–Kier alpha value is -1.80. The molecule has 0 aromatic heterocycles. The average molecular weight is 238 g/mol. The minimum atomic E-state index is 0.566. The fraction of sp³-hybridized carbons (Fsp3) is 0.250. The molecule has 2 nitrogen and oxygen atoms in total. The molecule has 2 heteroatoms. The van der Waals surface area contributed by atoms with Crippen molar-refractivity contribution in [1.29, 1.82) is 0 Å². The molecule has 18 heavy (non-hydrogen) atoms. The van der Waals surface area contributed by atoms with Crippen molar-refractivity contribution in [1.82, 2.24) is 5.32 Å². The average Bonchev–Trinajstić information content (AvgIpc) is 2.93. The minimum absolute atomic E-state index is 0.566. The molecule has 0 unspecified atom stereocenters. The lowest BCUT2D eigenvalue weighted by atomic mass is 10.1. The summed E-state index contributed by atoms with van der Waals surface area (Å²) in [6.45, 7) is 2.19. The molecule has 3 rings (SSSR count).